The van der Waals surface area contributed by atoms with Gasteiger partial charge in [-0.15, -0.1) is 0 Å². The highest BCUT2D eigenvalue weighted by Gasteiger charge is 2.22. The highest BCUT2D eigenvalue weighted by atomic mass is 19.1. The number of nitrogens with zero attached hydrogens (tertiary/aromatic N) is 4. The van der Waals surface area contributed by atoms with Gasteiger partial charge in [-0.2, -0.15) is 0 Å². The van der Waals surface area contributed by atoms with Gasteiger partial charge in [0, 0.05) is 30.8 Å². The summed E-state index contributed by atoms with van der Waals surface area (Å²) in [5.41, 5.74) is 10.3. The second-order valence-electron chi connectivity index (χ2n) is 5.68. The Hall–Kier alpha value is -1.82. The number of rotatable bonds is 9. The van der Waals surface area contributed by atoms with E-state index in [1.165, 1.54) is 33.0 Å². The molecule has 1 N–H and O–H groups in total. The summed E-state index contributed by atoms with van der Waals surface area (Å²) in [4.78, 5) is 5.14. The van der Waals surface area contributed by atoms with Crippen LogP contribution in [0.3, 0.4) is 0 Å². The van der Waals surface area contributed by atoms with Crippen LogP contribution in [-0.4, -0.2) is 50.9 Å². The van der Waals surface area contributed by atoms with Crippen molar-refractivity contribution in [3.63, 3.8) is 0 Å². The summed E-state index contributed by atoms with van der Waals surface area (Å²) in [5.74, 6) is 0. The van der Waals surface area contributed by atoms with Crippen LogP contribution in [0.5, 0.6) is 0 Å². The quantitative estimate of drug-likeness (QED) is 0.429. The van der Waals surface area contributed by atoms with Crippen LogP contribution in [0.4, 0.5) is 10.1 Å². The summed E-state index contributed by atoms with van der Waals surface area (Å²) in [6.45, 7) is 3.58. The average molecular weight is 321 g/mol. The number of benzene rings is 1. The largest absolute Gasteiger partial charge is 0.384 e. The molecular weight excluding hydrogens is 297 g/mol. The van der Waals surface area contributed by atoms with Gasteiger partial charge in [0.05, 0.1) is 12.1 Å². The number of likely N-dealkylation sites (tertiary alicyclic amines) is 1. The SMILES string of the molecule is CO[C@H](c1ccc(NCCN2CCCC2)cc1)[C@@H](CF)N=[N+]=[N-]. The van der Waals surface area contributed by atoms with Crippen molar-refractivity contribution in [1.29, 1.82) is 0 Å². The summed E-state index contributed by atoms with van der Waals surface area (Å²) in [5, 5.41) is 6.85. The zero-order valence-corrected chi connectivity index (χ0v) is 13.5. The van der Waals surface area contributed by atoms with Crippen molar-refractivity contribution in [1.82, 2.24) is 4.90 Å². The maximum atomic E-state index is 13.0. The van der Waals surface area contributed by atoms with E-state index in [0.717, 1.165) is 24.3 Å². The molecule has 1 heterocycles. The van der Waals surface area contributed by atoms with Crippen LogP contribution in [0.1, 0.15) is 24.5 Å². The number of azide groups is 1. The lowest BCUT2D eigenvalue weighted by molar-refractivity contribution is 0.0722. The van der Waals surface area contributed by atoms with Gasteiger partial charge in [0.15, 0.2) is 0 Å². The van der Waals surface area contributed by atoms with Crippen LogP contribution in [0, 0.1) is 0 Å². The van der Waals surface area contributed by atoms with E-state index in [1.807, 2.05) is 24.3 Å². The minimum absolute atomic E-state index is 0.574. The first kappa shape index (κ1) is 17.5. The Bertz CT molecular complexity index is 512. The summed E-state index contributed by atoms with van der Waals surface area (Å²) >= 11 is 0. The second kappa shape index (κ2) is 9.35. The third-order valence-electron chi connectivity index (χ3n) is 4.16. The number of anilines is 1. The Kier molecular flexibility index (Phi) is 7.13. The van der Waals surface area contributed by atoms with E-state index in [-0.39, 0.29) is 0 Å². The Balaban J connectivity index is 1.90. The standard InChI is InChI=1S/C16H24FN5O/c1-23-16(15(12-17)20-21-18)13-4-6-14(7-5-13)19-8-11-22-9-2-3-10-22/h4-7,15-16,19H,2-3,8-12H2,1H3/t15-,16-/m1/s1. The average Bonchev–Trinajstić information content (AvgIpc) is 3.09. The third-order valence-corrected chi connectivity index (χ3v) is 4.16. The molecule has 0 unspecified atom stereocenters. The molecule has 7 heteroatoms. The van der Waals surface area contributed by atoms with Crippen LogP contribution >= 0.6 is 0 Å². The molecule has 1 saturated heterocycles. The summed E-state index contributed by atoms with van der Waals surface area (Å²) < 4.78 is 18.3. The van der Waals surface area contributed by atoms with Crippen molar-refractivity contribution >= 4 is 5.69 Å². The van der Waals surface area contributed by atoms with Crippen molar-refractivity contribution in [3.05, 3.63) is 40.3 Å². The number of hydrogen-bond acceptors (Lipinski definition) is 4. The van der Waals surface area contributed by atoms with Crippen molar-refractivity contribution in [2.75, 3.05) is 45.3 Å². The zero-order chi connectivity index (χ0) is 16.5. The molecular formula is C16H24FN5O. The Morgan fingerprint density at radius 3 is 2.61 bits per heavy atom. The minimum Gasteiger partial charge on any atom is -0.384 e. The first-order valence-electron chi connectivity index (χ1n) is 7.97. The molecule has 2 rings (SSSR count). The maximum Gasteiger partial charge on any atom is 0.101 e. The molecule has 2 atom stereocenters. The van der Waals surface area contributed by atoms with E-state index < -0.39 is 18.8 Å². The maximum absolute atomic E-state index is 13.0. The van der Waals surface area contributed by atoms with Crippen LogP contribution < -0.4 is 5.32 Å². The predicted molar refractivity (Wildman–Crippen MR) is 89.3 cm³/mol. The lowest BCUT2D eigenvalue weighted by Crippen LogP contribution is -2.26. The number of halogens is 1. The molecule has 23 heavy (non-hydrogen) atoms. The number of alkyl halides is 1. The third kappa shape index (κ3) is 5.10. The van der Waals surface area contributed by atoms with Gasteiger partial charge >= 0.3 is 0 Å². The first-order chi connectivity index (χ1) is 11.3. The number of hydrogen-bond donors (Lipinski definition) is 1. The molecule has 0 amide bonds. The lowest BCUT2D eigenvalue weighted by Gasteiger charge is -2.21. The highest BCUT2D eigenvalue weighted by molar-refractivity contribution is 5.45. The van der Waals surface area contributed by atoms with E-state index in [0.29, 0.717) is 0 Å². The van der Waals surface area contributed by atoms with Crippen molar-refractivity contribution in [3.8, 4) is 0 Å². The van der Waals surface area contributed by atoms with Crippen molar-refractivity contribution < 1.29 is 9.13 Å². The van der Waals surface area contributed by atoms with Gasteiger partial charge in [-0.25, -0.2) is 0 Å². The van der Waals surface area contributed by atoms with E-state index >= 15 is 0 Å². The Morgan fingerprint density at radius 1 is 1.35 bits per heavy atom. The normalized spacial score (nSPS) is 17.5. The summed E-state index contributed by atoms with van der Waals surface area (Å²) in [6.07, 6.45) is 2.02. The van der Waals surface area contributed by atoms with Gasteiger partial charge in [0.25, 0.3) is 0 Å². The molecule has 0 aliphatic carbocycles. The molecule has 6 nitrogen and oxygen atoms in total. The van der Waals surface area contributed by atoms with Gasteiger partial charge in [-0.05, 0) is 49.2 Å². The topological polar surface area (TPSA) is 73.3 Å². The molecule has 0 bridgehead atoms. The molecule has 1 aliphatic rings. The molecule has 1 aromatic carbocycles. The fourth-order valence-corrected chi connectivity index (χ4v) is 2.91. The van der Waals surface area contributed by atoms with Crippen LogP contribution in [0.15, 0.2) is 29.4 Å². The van der Waals surface area contributed by atoms with Crippen LogP contribution in [0.2, 0.25) is 0 Å². The molecule has 1 aromatic rings. The van der Waals surface area contributed by atoms with Gasteiger partial charge in [0.1, 0.15) is 6.67 Å². The Labute approximate surface area is 136 Å². The predicted octanol–water partition coefficient (Wildman–Crippen LogP) is 3.53. The number of methoxy groups -OCH3 is 1. The van der Waals surface area contributed by atoms with E-state index in [4.69, 9.17) is 10.3 Å². The molecule has 0 radical (unpaired) electrons. The number of ether oxygens (including phenoxy) is 1. The number of nitrogens with one attached hydrogen (secondary N) is 1. The van der Waals surface area contributed by atoms with E-state index in [2.05, 4.69) is 20.2 Å². The van der Waals surface area contributed by atoms with E-state index in [1.54, 1.807) is 0 Å². The van der Waals surface area contributed by atoms with Crippen molar-refractivity contribution in [2.45, 2.75) is 25.0 Å². The molecule has 0 aromatic heterocycles. The molecule has 126 valence electrons. The summed E-state index contributed by atoms with van der Waals surface area (Å²) in [6, 6.07) is 6.79. The minimum atomic E-state index is -0.848. The van der Waals surface area contributed by atoms with Gasteiger partial charge < -0.3 is 15.0 Å². The molecule has 0 saturated carbocycles. The van der Waals surface area contributed by atoms with Gasteiger partial charge in [0.2, 0.25) is 0 Å². The molecule has 0 spiro atoms. The van der Waals surface area contributed by atoms with E-state index in [9.17, 15) is 4.39 Å². The van der Waals surface area contributed by atoms with Gasteiger partial charge in [-0.3, -0.25) is 4.39 Å². The summed E-state index contributed by atoms with van der Waals surface area (Å²) in [7, 11) is 1.49. The fourth-order valence-electron chi connectivity index (χ4n) is 2.91. The van der Waals surface area contributed by atoms with Crippen LogP contribution in [-0.2, 0) is 4.74 Å². The second-order valence-corrected chi connectivity index (χ2v) is 5.68. The fraction of sp³-hybridized carbons (Fsp3) is 0.625. The molecule has 1 fully saturated rings. The smallest absolute Gasteiger partial charge is 0.101 e. The van der Waals surface area contributed by atoms with Crippen LogP contribution in [0.25, 0.3) is 10.4 Å². The monoisotopic (exact) mass is 321 g/mol. The first-order valence-corrected chi connectivity index (χ1v) is 7.97. The highest BCUT2D eigenvalue weighted by Crippen LogP contribution is 2.25. The lowest BCUT2D eigenvalue weighted by atomic mass is 10.0. The van der Waals surface area contributed by atoms with Gasteiger partial charge in [-0.1, -0.05) is 17.2 Å². The Morgan fingerprint density at radius 2 is 2.04 bits per heavy atom. The molecule has 1 aliphatic heterocycles. The zero-order valence-electron chi connectivity index (χ0n) is 13.5. The van der Waals surface area contributed by atoms with Crippen molar-refractivity contribution in [2.24, 2.45) is 5.11 Å².